The van der Waals surface area contributed by atoms with Crippen LogP contribution in [0.4, 0.5) is 0 Å². The van der Waals surface area contributed by atoms with Gasteiger partial charge < -0.3 is 0 Å². The van der Waals surface area contributed by atoms with E-state index in [1.54, 1.807) is 0 Å². The molecule has 0 saturated heterocycles. The molecule has 0 atom stereocenters. The molecule has 0 aliphatic heterocycles. The van der Waals surface area contributed by atoms with Gasteiger partial charge >= 0.3 is 0 Å². The summed E-state index contributed by atoms with van der Waals surface area (Å²) in [6.45, 7) is 4.60. The van der Waals surface area contributed by atoms with Crippen LogP contribution >= 0.6 is 11.3 Å². The van der Waals surface area contributed by atoms with Crippen molar-refractivity contribution in [3.8, 4) is 22.3 Å². The maximum atomic E-state index is 4.60. The maximum Gasteiger partial charge on any atom is 0.0434 e. The standard InChI is InChI=1S/C45H32S/c1-31(32-16-5-2-6-17-32)37-24-11-12-25-39(37)43(34-20-9-4-10-21-34)40-27-15-29-42-44(40)41-28-14-26-38(45(41)46-42)36-23-13-22-35(30-36)33-18-7-3-8-19-33/h2-20,22-30H,1,21H2/b43-34+. The summed E-state index contributed by atoms with van der Waals surface area (Å²) in [6, 6.07) is 52.5. The number of hydrogen-bond acceptors (Lipinski definition) is 1. The van der Waals surface area contributed by atoms with Gasteiger partial charge in [0.05, 0.1) is 0 Å². The van der Waals surface area contributed by atoms with Crippen molar-refractivity contribution in [3.05, 3.63) is 204 Å². The summed E-state index contributed by atoms with van der Waals surface area (Å²) in [5.74, 6) is 0. The first kappa shape index (κ1) is 28.0. The van der Waals surface area contributed by atoms with Gasteiger partial charge in [0.15, 0.2) is 0 Å². The molecule has 1 aliphatic carbocycles. The van der Waals surface area contributed by atoms with Crippen LogP contribution in [0.2, 0.25) is 0 Å². The third-order valence-corrected chi connectivity index (χ3v) is 10.1. The first-order valence-electron chi connectivity index (χ1n) is 15.8. The van der Waals surface area contributed by atoms with Crippen molar-refractivity contribution in [2.24, 2.45) is 0 Å². The lowest BCUT2D eigenvalue weighted by atomic mass is 9.83. The fourth-order valence-electron chi connectivity index (χ4n) is 6.73. The summed E-state index contributed by atoms with van der Waals surface area (Å²) in [6.07, 6.45) is 9.73. The average molecular weight is 605 g/mol. The van der Waals surface area contributed by atoms with Crippen LogP contribution in [0.1, 0.15) is 28.7 Å². The first-order valence-corrected chi connectivity index (χ1v) is 16.6. The third kappa shape index (κ3) is 5.05. The van der Waals surface area contributed by atoms with Crippen LogP contribution in [0, 0.1) is 0 Å². The lowest BCUT2D eigenvalue weighted by molar-refractivity contribution is 1.26. The zero-order valence-corrected chi connectivity index (χ0v) is 26.3. The number of allylic oxidation sites excluding steroid dienone is 5. The summed E-state index contributed by atoms with van der Waals surface area (Å²) in [5, 5.41) is 2.61. The second kappa shape index (κ2) is 12.1. The Morgan fingerprint density at radius 2 is 1.24 bits per heavy atom. The molecule has 8 rings (SSSR count). The molecule has 46 heavy (non-hydrogen) atoms. The molecular formula is C45H32S. The maximum absolute atomic E-state index is 4.60. The minimum atomic E-state index is 0.883. The first-order chi connectivity index (χ1) is 22.8. The highest BCUT2D eigenvalue weighted by atomic mass is 32.1. The van der Waals surface area contributed by atoms with E-state index in [-0.39, 0.29) is 0 Å². The van der Waals surface area contributed by atoms with E-state index >= 15 is 0 Å². The van der Waals surface area contributed by atoms with E-state index in [0.717, 1.165) is 23.1 Å². The summed E-state index contributed by atoms with van der Waals surface area (Å²) >= 11 is 1.89. The van der Waals surface area contributed by atoms with Crippen LogP contribution < -0.4 is 0 Å². The van der Waals surface area contributed by atoms with Crippen LogP contribution in [0.25, 0.3) is 53.6 Å². The van der Waals surface area contributed by atoms with E-state index in [4.69, 9.17) is 0 Å². The Bertz CT molecular complexity index is 2330. The number of thiophene rings is 1. The zero-order chi connectivity index (χ0) is 30.9. The molecule has 1 aliphatic rings. The second-order valence-corrected chi connectivity index (χ2v) is 12.7. The van der Waals surface area contributed by atoms with Crippen LogP contribution in [0.5, 0.6) is 0 Å². The molecule has 6 aromatic carbocycles. The molecular weight excluding hydrogens is 573 g/mol. The second-order valence-electron chi connectivity index (χ2n) is 11.7. The van der Waals surface area contributed by atoms with Gasteiger partial charge in [0.2, 0.25) is 0 Å². The molecule has 0 nitrogen and oxygen atoms in total. The Balaban J connectivity index is 1.35. The molecule has 1 heterocycles. The highest BCUT2D eigenvalue weighted by Crippen LogP contribution is 2.46. The normalized spacial score (nSPS) is 13.7. The van der Waals surface area contributed by atoms with E-state index in [9.17, 15) is 0 Å². The van der Waals surface area contributed by atoms with Crippen LogP contribution in [0.3, 0.4) is 0 Å². The third-order valence-electron chi connectivity index (χ3n) is 8.92. The zero-order valence-electron chi connectivity index (χ0n) is 25.5. The lowest BCUT2D eigenvalue weighted by Gasteiger charge is -2.20. The Hall–Kier alpha value is -5.50. The van der Waals surface area contributed by atoms with Gasteiger partial charge in [0.25, 0.3) is 0 Å². The summed E-state index contributed by atoms with van der Waals surface area (Å²) in [5.41, 5.74) is 13.4. The quantitative estimate of drug-likeness (QED) is 0.177. The molecule has 0 N–H and O–H groups in total. The lowest BCUT2D eigenvalue weighted by Crippen LogP contribution is -2.00. The molecule has 7 aromatic rings. The predicted octanol–water partition coefficient (Wildman–Crippen LogP) is 12.8. The molecule has 1 heteroatoms. The van der Waals surface area contributed by atoms with E-state index in [2.05, 4.69) is 176 Å². The molecule has 218 valence electrons. The minimum absolute atomic E-state index is 0.883. The van der Waals surface area contributed by atoms with Crippen molar-refractivity contribution in [2.75, 3.05) is 0 Å². The molecule has 0 radical (unpaired) electrons. The topological polar surface area (TPSA) is 0 Å². The fourth-order valence-corrected chi connectivity index (χ4v) is 7.99. The van der Waals surface area contributed by atoms with Crippen LogP contribution in [-0.4, -0.2) is 0 Å². The molecule has 0 unspecified atom stereocenters. The van der Waals surface area contributed by atoms with Crippen molar-refractivity contribution in [2.45, 2.75) is 6.42 Å². The molecule has 0 fully saturated rings. The SMILES string of the molecule is C=C(c1ccccc1)c1ccccc1/C(=C1/C=CC=CC1)c1cccc2sc3c(-c4cccc(-c5ccccc5)c4)cccc3c12. The van der Waals surface area contributed by atoms with Gasteiger partial charge in [-0.2, -0.15) is 0 Å². The van der Waals surface area contributed by atoms with Gasteiger partial charge in [-0.1, -0.05) is 164 Å². The van der Waals surface area contributed by atoms with Crippen molar-refractivity contribution in [1.82, 2.24) is 0 Å². The number of rotatable bonds is 6. The minimum Gasteiger partial charge on any atom is -0.135 e. The van der Waals surface area contributed by atoms with Gasteiger partial charge in [-0.3, -0.25) is 0 Å². The number of hydrogen-bond donors (Lipinski definition) is 0. The monoisotopic (exact) mass is 604 g/mol. The van der Waals surface area contributed by atoms with Crippen molar-refractivity contribution in [3.63, 3.8) is 0 Å². The van der Waals surface area contributed by atoms with Gasteiger partial charge in [-0.15, -0.1) is 11.3 Å². The molecule has 0 bridgehead atoms. The molecule has 0 amide bonds. The Morgan fingerprint density at radius 1 is 0.565 bits per heavy atom. The number of benzene rings is 6. The van der Waals surface area contributed by atoms with Gasteiger partial charge in [-0.05, 0) is 79.8 Å². The summed E-state index contributed by atoms with van der Waals surface area (Å²) in [4.78, 5) is 0. The van der Waals surface area contributed by atoms with Crippen LogP contribution in [0.15, 0.2) is 182 Å². The Kier molecular flexibility index (Phi) is 7.38. The van der Waals surface area contributed by atoms with E-state index in [1.165, 1.54) is 64.7 Å². The smallest absolute Gasteiger partial charge is 0.0434 e. The summed E-state index contributed by atoms with van der Waals surface area (Å²) < 4.78 is 2.62. The van der Waals surface area contributed by atoms with E-state index in [1.807, 2.05) is 11.3 Å². The highest BCUT2D eigenvalue weighted by Gasteiger charge is 2.21. The van der Waals surface area contributed by atoms with E-state index in [0.29, 0.717) is 0 Å². The van der Waals surface area contributed by atoms with Gasteiger partial charge in [0.1, 0.15) is 0 Å². The molecule has 0 spiro atoms. The summed E-state index contributed by atoms with van der Waals surface area (Å²) in [7, 11) is 0. The van der Waals surface area contributed by atoms with Crippen molar-refractivity contribution in [1.29, 1.82) is 0 Å². The molecule has 1 aromatic heterocycles. The van der Waals surface area contributed by atoms with Gasteiger partial charge in [-0.25, -0.2) is 0 Å². The predicted molar refractivity (Wildman–Crippen MR) is 200 cm³/mol. The largest absolute Gasteiger partial charge is 0.135 e. The van der Waals surface area contributed by atoms with Crippen molar-refractivity contribution < 1.29 is 0 Å². The van der Waals surface area contributed by atoms with Gasteiger partial charge in [0, 0.05) is 20.2 Å². The number of fused-ring (bicyclic) bond motifs is 3. The Labute approximate surface area is 274 Å². The van der Waals surface area contributed by atoms with E-state index < -0.39 is 0 Å². The molecule has 0 saturated carbocycles. The fraction of sp³-hybridized carbons (Fsp3) is 0.0222. The van der Waals surface area contributed by atoms with Crippen molar-refractivity contribution >= 4 is 42.7 Å². The van der Waals surface area contributed by atoms with Crippen LogP contribution in [-0.2, 0) is 0 Å². The average Bonchev–Trinajstić information content (AvgIpc) is 3.53. The Morgan fingerprint density at radius 3 is 2.04 bits per heavy atom. The highest BCUT2D eigenvalue weighted by molar-refractivity contribution is 7.26.